The molecule has 0 spiro atoms. The number of allylic oxidation sites excluding steroid dienone is 1. The average Bonchev–Trinajstić information content (AvgIpc) is 2.00. The summed E-state index contributed by atoms with van der Waals surface area (Å²) in [7, 11) is 1.62. The van der Waals surface area contributed by atoms with Gasteiger partial charge in [0.1, 0.15) is 5.60 Å². The molecule has 0 bridgehead atoms. The van der Waals surface area contributed by atoms with Gasteiger partial charge in [0.25, 0.3) is 0 Å². The number of methoxy groups -OCH3 is 1. The summed E-state index contributed by atoms with van der Waals surface area (Å²) in [6.07, 6.45) is 2.58. The predicted octanol–water partition coefficient (Wildman–Crippen LogP) is 3.26. The van der Waals surface area contributed by atoms with Crippen LogP contribution in [-0.2, 0) is 9.47 Å². The molecule has 0 unspecified atom stereocenters. The summed E-state index contributed by atoms with van der Waals surface area (Å²) in [5.74, 6) is 1.62. The third kappa shape index (κ3) is 6.26. The minimum absolute atomic E-state index is 0.157. The molecule has 0 saturated heterocycles. The van der Waals surface area contributed by atoms with Gasteiger partial charge in [0, 0.05) is 0 Å². The molecule has 0 N–H and O–H groups in total. The Labute approximate surface area is 81.2 Å². The lowest BCUT2D eigenvalue weighted by Gasteiger charge is -2.23. The zero-order chi connectivity index (χ0) is 10.5. The van der Waals surface area contributed by atoms with Crippen molar-refractivity contribution in [1.29, 1.82) is 0 Å². The van der Waals surface area contributed by atoms with Crippen LogP contribution < -0.4 is 0 Å². The van der Waals surface area contributed by atoms with Crippen LogP contribution in [0.15, 0.2) is 24.2 Å². The van der Waals surface area contributed by atoms with E-state index in [0.717, 1.165) is 11.5 Å². The van der Waals surface area contributed by atoms with E-state index in [9.17, 15) is 0 Å². The van der Waals surface area contributed by atoms with Gasteiger partial charge < -0.3 is 9.47 Å². The summed E-state index contributed by atoms with van der Waals surface area (Å²) in [4.78, 5) is 0. The lowest BCUT2D eigenvalue weighted by atomic mass is 10.2. The molecule has 0 saturated carbocycles. The van der Waals surface area contributed by atoms with E-state index >= 15 is 0 Å². The largest absolute Gasteiger partial charge is 0.501 e. The quantitative estimate of drug-likeness (QED) is 0.624. The smallest absolute Gasteiger partial charge is 0.100 e. The van der Waals surface area contributed by atoms with Crippen LogP contribution in [0.2, 0.25) is 0 Å². The van der Waals surface area contributed by atoms with Crippen molar-refractivity contribution >= 4 is 0 Å². The van der Waals surface area contributed by atoms with Crippen molar-refractivity contribution in [1.82, 2.24) is 0 Å². The second kappa shape index (κ2) is 4.95. The van der Waals surface area contributed by atoms with Crippen LogP contribution in [0.4, 0.5) is 0 Å². The predicted molar refractivity (Wildman–Crippen MR) is 55.4 cm³/mol. The van der Waals surface area contributed by atoms with E-state index in [-0.39, 0.29) is 5.60 Å². The van der Waals surface area contributed by atoms with Crippen LogP contribution in [-0.4, -0.2) is 12.7 Å². The van der Waals surface area contributed by atoms with Crippen LogP contribution in [0.25, 0.3) is 0 Å². The van der Waals surface area contributed by atoms with E-state index in [1.165, 1.54) is 0 Å². The van der Waals surface area contributed by atoms with Crippen molar-refractivity contribution in [3.8, 4) is 0 Å². The fourth-order valence-electron chi connectivity index (χ4n) is 0.857. The van der Waals surface area contributed by atoms with Crippen LogP contribution >= 0.6 is 0 Å². The molecular weight excluding hydrogens is 164 g/mol. The molecule has 76 valence electrons. The second-order valence-electron chi connectivity index (χ2n) is 3.89. The molecule has 0 heterocycles. The monoisotopic (exact) mass is 184 g/mol. The maximum atomic E-state index is 5.68. The first-order valence-corrected chi connectivity index (χ1v) is 4.45. The minimum atomic E-state index is -0.157. The molecule has 0 aliphatic rings. The van der Waals surface area contributed by atoms with Crippen molar-refractivity contribution in [2.24, 2.45) is 0 Å². The minimum Gasteiger partial charge on any atom is -0.501 e. The van der Waals surface area contributed by atoms with Gasteiger partial charge in [0.05, 0.1) is 25.0 Å². The summed E-state index contributed by atoms with van der Waals surface area (Å²) >= 11 is 0. The summed E-state index contributed by atoms with van der Waals surface area (Å²) in [6.45, 7) is 11.8. The van der Waals surface area contributed by atoms with Gasteiger partial charge in [-0.2, -0.15) is 0 Å². The van der Waals surface area contributed by atoms with Gasteiger partial charge >= 0.3 is 0 Å². The molecule has 0 aromatic carbocycles. The lowest BCUT2D eigenvalue weighted by Crippen LogP contribution is -2.18. The van der Waals surface area contributed by atoms with Crippen LogP contribution in [0.3, 0.4) is 0 Å². The maximum Gasteiger partial charge on any atom is 0.100 e. The van der Waals surface area contributed by atoms with Crippen molar-refractivity contribution in [3.05, 3.63) is 24.2 Å². The Hall–Kier alpha value is -0.920. The van der Waals surface area contributed by atoms with Crippen molar-refractivity contribution in [3.63, 3.8) is 0 Å². The molecule has 0 atom stereocenters. The SMILES string of the molecule is C=C(CC(=CC)OC(C)(C)C)OC. The van der Waals surface area contributed by atoms with Gasteiger partial charge in [-0.1, -0.05) is 6.58 Å². The molecule has 2 heteroatoms. The van der Waals surface area contributed by atoms with Crippen LogP contribution in [0.5, 0.6) is 0 Å². The van der Waals surface area contributed by atoms with Gasteiger partial charge in [-0.3, -0.25) is 0 Å². The van der Waals surface area contributed by atoms with Crippen LogP contribution in [0.1, 0.15) is 34.1 Å². The van der Waals surface area contributed by atoms with E-state index < -0.39 is 0 Å². The molecule has 0 aromatic rings. The molecule has 0 rings (SSSR count). The summed E-state index contributed by atoms with van der Waals surface area (Å²) < 4.78 is 10.7. The first-order chi connectivity index (χ1) is 5.89. The van der Waals surface area contributed by atoms with E-state index in [1.807, 2.05) is 33.8 Å². The Balaban J connectivity index is 4.15. The van der Waals surface area contributed by atoms with Gasteiger partial charge in [0.15, 0.2) is 0 Å². The Morgan fingerprint density at radius 2 is 1.92 bits per heavy atom. The number of hydrogen-bond acceptors (Lipinski definition) is 2. The van der Waals surface area contributed by atoms with E-state index in [0.29, 0.717) is 6.42 Å². The summed E-state index contributed by atoms with van der Waals surface area (Å²) in [5, 5.41) is 0. The highest BCUT2D eigenvalue weighted by Gasteiger charge is 2.13. The van der Waals surface area contributed by atoms with Crippen molar-refractivity contribution in [2.75, 3.05) is 7.11 Å². The Kier molecular flexibility index (Phi) is 4.60. The zero-order valence-corrected chi connectivity index (χ0v) is 9.31. The van der Waals surface area contributed by atoms with Crippen molar-refractivity contribution < 1.29 is 9.47 Å². The van der Waals surface area contributed by atoms with Gasteiger partial charge in [-0.15, -0.1) is 0 Å². The highest BCUT2D eigenvalue weighted by atomic mass is 16.5. The van der Waals surface area contributed by atoms with E-state index in [4.69, 9.17) is 9.47 Å². The molecule has 0 aliphatic carbocycles. The fourth-order valence-corrected chi connectivity index (χ4v) is 0.857. The topological polar surface area (TPSA) is 18.5 Å². The molecule has 0 radical (unpaired) electrons. The van der Waals surface area contributed by atoms with Gasteiger partial charge in [-0.05, 0) is 33.8 Å². The first kappa shape index (κ1) is 12.1. The number of rotatable bonds is 4. The molecular formula is C11H20O2. The Morgan fingerprint density at radius 3 is 2.23 bits per heavy atom. The maximum absolute atomic E-state index is 5.68. The van der Waals surface area contributed by atoms with Gasteiger partial charge in [0.2, 0.25) is 0 Å². The van der Waals surface area contributed by atoms with Crippen molar-refractivity contribution in [2.45, 2.75) is 39.7 Å². The zero-order valence-electron chi connectivity index (χ0n) is 9.31. The van der Waals surface area contributed by atoms with E-state index in [2.05, 4.69) is 6.58 Å². The molecule has 13 heavy (non-hydrogen) atoms. The number of ether oxygens (including phenoxy) is 2. The Morgan fingerprint density at radius 1 is 1.38 bits per heavy atom. The normalized spacial score (nSPS) is 12.5. The summed E-state index contributed by atoms with van der Waals surface area (Å²) in [5.41, 5.74) is -0.157. The second-order valence-corrected chi connectivity index (χ2v) is 3.89. The molecule has 0 aromatic heterocycles. The van der Waals surface area contributed by atoms with E-state index in [1.54, 1.807) is 7.11 Å². The van der Waals surface area contributed by atoms with Crippen LogP contribution in [0, 0.1) is 0 Å². The fraction of sp³-hybridized carbons (Fsp3) is 0.636. The highest BCUT2D eigenvalue weighted by molar-refractivity contribution is 5.02. The molecule has 2 nitrogen and oxygen atoms in total. The molecule has 0 fully saturated rings. The lowest BCUT2D eigenvalue weighted by molar-refractivity contribution is 0.0454. The number of hydrogen-bond donors (Lipinski definition) is 0. The first-order valence-electron chi connectivity index (χ1n) is 4.45. The Bertz CT molecular complexity index is 197. The molecule has 0 aliphatic heterocycles. The average molecular weight is 184 g/mol. The van der Waals surface area contributed by atoms with Gasteiger partial charge in [-0.25, -0.2) is 0 Å². The summed E-state index contributed by atoms with van der Waals surface area (Å²) in [6, 6.07) is 0. The molecule has 0 amide bonds. The third-order valence-electron chi connectivity index (χ3n) is 1.42. The third-order valence-corrected chi connectivity index (χ3v) is 1.42. The highest BCUT2D eigenvalue weighted by Crippen LogP contribution is 2.18. The standard InChI is InChI=1S/C11H20O2/c1-7-10(8-9(2)12-6)13-11(3,4)5/h7H,2,8H2,1,3-6H3.